The van der Waals surface area contributed by atoms with Gasteiger partial charge >= 0.3 is 0 Å². The van der Waals surface area contributed by atoms with E-state index in [9.17, 15) is 5.11 Å². The van der Waals surface area contributed by atoms with Crippen LogP contribution in [0, 0.1) is 0 Å². The molecule has 0 aromatic heterocycles. The Morgan fingerprint density at radius 2 is 2.27 bits per heavy atom. The molecule has 2 N–H and O–H groups in total. The van der Waals surface area contributed by atoms with Crippen molar-refractivity contribution >= 4 is 5.69 Å². The highest BCUT2D eigenvalue weighted by Gasteiger charge is 2.17. The summed E-state index contributed by atoms with van der Waals surface area (Å²) in [7, 11) is 0. The van der Waals surface area contributed by atoms with Crippen LogP contribution in [0.4, 0.5) is 5.69 Å². The van der Waals surface area contributed by atoms with Gasteiger partial charge in [0.25, 0.3) is 0 Å². The first-order chi connectivity index (χ1) is 7.18. The zero-order valence-electron chi connectivity index (χ0n) is 9.25. The summed E-state index contributed by atoms with van der Waals surface area (Å²) in [6.45, 7) is 4.98. The lowest BCUT2D eigenvalue weighted by molar-refractivity contribution is 0.228. The fourth-order valence-electron chi connectivity index (χ4n) is 2.02. The third-order valence-corrected chi connectivity index (χ3v) is 2.69. The molecule has 0 saturated carbocycles. The molecule has 0 radical (unpaired) electrons. The van der Waals surface area contributed by atoms with E-state index in [1.165, 1.54) is 5.56 Å². The lowest BCUT2D eigenvalue weighted by Crippen LogP contribution is -2.00. The summed E-state index contributed by atoms with van der Waals surface area (Å²) in [4.78, 5) is 0. The van der Waals surface area contributed by atoms with Gasteiger partial charge < -0.3 is 10.4 Å². The van der Waals surface area contributed by atoms with E-state index < -0.39 is 6.10 Å². The van der Waals surface area contributed by atoms with Crippen LogP contribution in [0.2, 0.25) is 0 Å². The predicted octanol–water partition coefficient (Wildman–Crippen LogP) is 2.65. The molecule has 1 heterocycles. The number of benzene rings is 1. The van der Waals surface area contributed by atoms with Crippen LogP contribution >= 0.6 is 0 Å². The molecule has 1 aliphatic rings. The summed E-state index contributed by atoms with van der Waals surface area (Å²) in [5.74, 6) is 0. The highest BCUT2D eigenvalue weighted by molar-refractivity contribution is 5.62. The molecule has 80 valence electrons. The van der Waals surface area contributed by atoms with Gasteiger partial charge in [-0.15, -0.1) is 0 Å². The minimum absolute atomic E-state index is 0.490. The Morgan fingerprint density at radius 3 is 3.00 bits per heavy atom. The monoisotopic (exact) mass is 203 g/mol. The topological polar surface area (TPSA) is 32.3 Å². The van der Waals surface area contributed by atoms with Gasteiger partial charge in [0.15, 0.2) is 0 Å². The minimum atomic E-state index is -0.490. The SMILES string of the molecule is CC(C)=CC(O)c1cccc2c1NCC2. The Morgan fingerprint density at radius 1 is 1.47 bits per heavy atom. The Balaban J connectivity index is 2.37. The molecule has 1 aromatic carbocycles. The summed E-state index contributed by atoms with van der Waals surface area (Å²) in [6.07, 6.45) is 2.45. The zero-order valence-corrected chi connectivity index (χ0v) is 9.25. The molecular weight excluding hydrogens is 186 g/mol. The number of rotatable bonds is 2. The Kier molecular flexibility index (Phi) is 2.78. The smallest absolute Gasteiger partial charge is 0.0994 e. The van der Waals surface area contributed by atoms with E-state index in [1.807, 2.05) is 32.1 Å². The van der Waals surface area contributed by atoms with Crippen LogP contribution in [0.15, 0.2) is 29.8 Å². The van der Waals surface area contributed by atoms with E-state index in [2.05, 4.69) is 11.4 Å². The third kappa shape index (κ3) is 2.05. The van der Waals surface area contributed by atoms with Crippen molar-refractivity contribution in [3.8, 4) is 0 Å². The fraction of sp³-hybridized carbons (Fsp3) is 0.385. The molecule has 2 rings (SSSR count). The second-order valence-electron chi connectivity index (χ2n) is 4.25. The van der Waals surface area contributed by atoms with Gasteiger partial charge in [-0.05, 0) is 25.8 Å². The van der Waals surface area contributed by atoms with E-state index in [1.54, 1.807) is 0 Å². The minimum Gasteiger partial charge on any atom is -0.384 e. The number of fused-ring (bicyclic) bond motifs is 1. The van der Waals surface area contributed by atoms with Crippen LogP contribution < -0.4 is 5.32 Å². The van der Waals surface area contributed by atoms with Crippen molar-refractivity contribution in [3.05, 3.63) is 41.0 Å². The van der Waals surface area contributed by atoms with Crippen LogP contribution in [-0.4, -0.2) is 11.7 Å². The largest absolute Gasteiger partial charge is 0.384 e. The van der Waals surface area contributed by atoms with Crippen molar-refractivity contribution < 1.29 is 5.11 Å². The molecule has 0 saturated heterocycles. The Bertz CT molecular complexity index is 392. The zero-order chi connectivity index (χ0) is 10.8. The molecular formula is C13H17NO. The highest BCUT2D eigenvalue weighted by atomic mass is 16.3. The molecule has 0 bridgehead atoms. The number of aliphatic hydroxyl groups is 1. The van der Waals surface area contributed by atoms with Crippen LogP contribution in [0.1, 0.15) is 31.1 Å². The van der Waals surface area contributed by atoms with E-state index in [4.69, 9.17) is 0 Å². The normalized spacial score (nSPS) is 15.4. The van der Waals surface area contributed by atoms with Crippen LogP contribution in [0.25, 0.3) is 0 Å². The van der Waals surface area contributed by atoms with Gasteiger partial charge in [-0.2, -0.15) is 0 Å². The van der Waals surface area contributed by atoms with E-state index in [0.717, 1.165) is 29.8 Å². The average Bonchev–Trinajstić information content (AvgIpc) is 2.63. The van der Waals surface area contributed by atoms with Crippen LogP contribution in [-0.2, 0) is 6.42 Å². The number of hydrogen-bond acceptors (Lipinski definition) is 2. The third-order valence-electron chi connectivity index (χ3n) is 2.69. The van der Waals surface area contributed by atoms with Gasteiger partial charge in [-0.25, -0.2) is 0 Å². The van der Waals surface area contributed by atoms with Crippen molar-refractivity contribution in [2.45, 2.75) is 26.4 Å². The first-order valence-electron chi connectivity index (χ1n) is 5.37. The second-order valence-corrected chi connectivity index (χ2v) is 4.25. The predicted molar refractivity (Wildman–Crippen MR) is 63.0 cm³/mol. The fourth-order valence-corrected chi connectivity index (χ4v) is 2.02. The van der Waals surface area contributed by atoms with Crippen molar-refractivity contribution in [2.24, 2.45) is 0 Å². The average molecular weight is 203 g/mol. The number of anilines is 1. The number of hydrogen-bond donors (Lipinski definition) is 2. The van der Waals surface area contributed by atoms with Crippen LogP contribution in [0.5, 0.6) is 0 Å². The molecule has 1 aromatic rings. The molecule has 0 spiro atoms. The summed E-state index contributed by atoms with van der Waals surface area (Å²) < 4.78 is 0. The van der Waals surface area contributed by atoms with Crippen molar-refractivity contribution in [2.75, 3.05) is 11.9 Å². The van der Waals surface area contributed by atoms with Gasteiger partial charge in [0.05, 0.1) is 6.10 Å². The van der Waals surface area contributed by atoms with E-state index in [0.29, 0.717) is 0 Å². The van der Waals surface area contributed by atoms with Crippen molar-refractivity contribution in [1.29, 1.82) is 0 Å². The maximum atomic E-state index is 10.0. The summed E-state index contributed by atoms with van der Waals surface area (Å²) in [6, 6.07) is 6.12. The molecule has 1 aliphatic heterocycles. The molecule has 1 unspecified atom stereocenters. The number of aliphatic hydroxyl groups excluding tert-OH is 1. The standard InChI is InChI=1S/C13H17NO/c1-9(2)8-12(15)11-5-3-4-10-6-7-14-13(10)11/h3-5,8,12,14-15H,6-7H2,1-2H3. The first-order valence-corrected chi connectivity index (χ1v) is 5.37. The van der Waals surface area contributed by atoms with E-state index in [-0.39, 0.29) is 0 Å². The maximum absolute atomic E-state index is 10.0. The molecule has 2 nitrogen and oxygen atoms in total. The lowest BCUT2D eigenvalue weighted by atomic mass is 10.0. The van der Waals surface area contributed by atoms with Gasteiger partial charge in [-0.1, -0.05) is 29.8 Å². The number of nitrogens with one attached hydrogen (secondary N) is 1. The number of allylic oxidation sites excluding steroid dienone is 1. The highest BCUT2D eigenvalue weighted by Crippen LogP contribution is 2.31. The van der Waals surface area contributed by atoms with Crippen LogP contribution in [0.3, 0.4) is 0 Å². The van der Waals surface area contributed by atoms with Crippen molar-refractivity contribution in [1.82, 2.24) is 0 Å². The molecule has 0 aliphatic carbocycles. The van der Waals surface area contributed by atoms with E-state index >= 15 is 0 Å². The molecule has 1 atom stereocenters. The van der Waals surface area contributed by atoms with Gasteiger partial charge in [0, 0.05) is 17.8 Å². The Hall–Kier alpha value is -1.28. The van der Waals surface area contributed by atoms with Gasteiger partial charge in [0.1, 0.15) is 0 Å². The summed E-state index contributed by atoms with van der Waals surface area (Å²) >= 11 is 0. The Labute approximate surface area is 90.6 Å². The summed E-state index contributed by atoms with van der Waals surface area (Å²) in [5.41, 5.74) is 4.57. The molecule has 15 heavy (non-hydrogen) atoms. The first kappa shape index (κ1) is 10.2. The number of para-hydroxylation sites is 1. The quantitative estimate of drug-likeness (QED) is 0.724. The van der Waals surface area contributed by atoms with Crippen molar-refractivity contribution in [3.63, 3.8) is 0 Å². The maximum Gasteiger partial charge on any atom is 0.0994 e. The van der Waals surface area contributed by atoms with Gasteiger partial charge in [-0.3, -0.25) is 0 Å². The summed E-state index contributed by atoms with van der Waals surface area (Å²) in [5, 5.41) is 13.4. The molecule has 0 fully saturated rings. The molecule has 0 amide bonds. The second kappa shape index (κ2) is 4.07. The molecule has 2 heteroatoms. The lowest BCUT2D eigenvalue weighted by Gasteiger charge is -2.12. The van der Waals surface area contributed by atoms with Gasteiger partial charge in [0.2, 0.25) is 0 Å².